The van der Waals surface area contributed by atoms with E-state index in [1.807, 2.05) is 35.7 Å². The van der Waals surface area contributed by atoms with Crippen LogP contribution in [0.15, 0.2) is 47.8 Å². The summed E-state index contributed by atoms with van der Waals surface area (Å²) in [5.74, 6) is -0.460. The van der Waals surface area contributed by atoms with Crippen molar-refractivity contribution in [3.05, 3.63) is 58.3 Å². The Kier molecular flexibility index (Phi) is 6.12. The Balaban J connectivity index is 2.07. The minimum absolute atomic E-state index is 0.223. The molecule has 1 heterocycles. The molecule has 2 aromatic rings. The minimum atomic E-state index is -0.622. The first-order valence-electron chi connectivity index (χ1n) is 7.07. The fraction of sp³-hybridized carbons (Fsp3) is 0.250. The summed E-state index contributed by atoms with van der Waals surface area (Å²) in [5.41, 5.74) is 6.40. The molecule has 1 aromatic heterocycles. The molecule has 0 saturated carbocycles. The zero-order valence-electron chi connectivity index (χ0n) is 12.1. The number of thiophene rings is 1. The van der Waals surface area contributed by atoms with Crippen molar-refractivity contribution in [3.63, 3.8) is 0 Å². The Hall–Kier alpha value is -2.18. The summed E-state index contributed by atoms with van der Waals surface area (Å²) in [7, 11) is 0. The minimum Gasteiger partial charge on any atom is -0.353 e. The molecule has 6 heteroatoms. The third-order valence-electron chi connectivity index (χ3n) is 3.09. The Labute approximate surface area is 133 Å². The van der Waals surface area contributed by atoms with Gasteiger partial charge in [-0.15, -0.1) is 11.3 Å². The van der Waals surface area contributed by atoms with Crippen molar-refractivity contribution in [2.45, 2.75) is 12.5 Å². The van der Waals surface area contributed by atoms with Crippen molar-refractivity contribution in [3.8, 4) is 0 Å². The molecule has 0 radical (unpaired) electrons. The second kappa shape index (κ2) is 8.31. The van der Waals surface area contributed by atoms with Crippen LogP contribution in [0.3, 0.4) is 0 Å². The van der Waals surface area contributed by atoms with Gasteiger partial charge in [0.2, 0.25) is 5.91 Å². The van der Waals surface area contributed by atoms with E-state index in [-0.39, 0.29) is 11.8 Å². The highest BCUT2D eigenvalue weighted by Gasteiger charge is 2.21. The van der Waals surface area contributed by atoms with E-state index >= 15 is 0 Å². The molecule has 116 valence electrons. The molecular weight excluding hydrogens is 298 g/mol. The molecule has 0 aliphatic carbocycles. The Morgan fingerprint density at radius 3 is 2.55 bits per heavy atom. The van der Waals surface area contributed by atoms with Crippen molar-refractivity contribution in [1.29, 1.82) is 0 Å². The molecule has 0 bridgehead atoms. The van der Waals surface area contributed by atoms with Gasteiger partial charge in [-0.1, -0.05) is 36.4 Å². The topological polar surface area (TPSA) is 84.2 Å². The van der Waals surface area contributed by atoms with Crippen LogP contribution in [0.4, 0.5) is 0 Å². The monoisotopic (exact) mass is 317 g/mol. The van der Waals surface area contributed by atoms with Gasteiger partial charge in [0.15, 0.2) is 0 Å². The average Bonchev–Trinajstić information content (AvgIpc) is 3.07. The van der Waals surface area contributed by atoms with Crippen LogP contribution in [0.1, 0.15) is 15.2 Å². The lowest BCUT2D eigenvalue weighted by Crippen LogP contribution is -2.48. The molecule has 0 saturated heterocycles. The van der Waals surface area contributed by atoms with E-state index in [4.69, 9.17) is 5.73 Å². The van der Waals surface area contributed by atoms with Gasteiger partial charge in [-0.3, -0.25) is 9.59 Å². The first-order valence-corrected chi connectivity index (χ1v) is 7.94. The number of amides is 2. The van der Waals surface area contributed by atoms with E-state index in [2.05, 4.69) is 10.6 Å². The van der Waals surface area contributed by atoms with Crippen LogP contribution >= 0.6 is 11.3 Å². The van der Waals surface area contributed by atoms with Crippen molar-refractivity contribution >= 4 is 23.2 Å². The van der Waals surface area contributed by atoms with Gasteiger partial charge in [-0.2, -0.15) is 0 Å². The average molecular weight is 317 g/mol. The fourth-order valence-corrected chi connectivity index (χ4v) is 2.64. The predicted molar refractivity (Wildman–Crippen MR) is 87.8 cm³/mol. The van der Waals surface area contributed by atoms with Crippen molar-refractivity contribution in [1.82, 2.24) is 10.6 Å². The summed E-state index contributed by atoms with van der Waals surface area (Å²) in [6.45, 7) is 0.752. The van der Waals surface area contributed by atoms with Crippen LogP contribution in [0.25, 0.3) is 0 Å². The second-order valence-corrected chi connectivity index (χ2v) is 5.72. The van der Waals surface area contributed by atoms with Crippen molar-refractivity contribution in [2.24, 2.45) is 5.73 Å². The molecule has 4 N–H and O–H groups in total. The summed E-state index contributed by atoms with van der Waals surface area (Å²) in [6, 6.07) is 12.5. The molecule has 5 nitrogen and oxygen atoms in total. The van der Waals surface area contributed by atoms with E-state index in [9.17, 15) is 9.59 Å². The predicted octanol–water partition coefficient (Wildman–Crippen LogP) is 1.16. The number of nitrogens with one attached hydrogen (secondary N) is 2. The molecule has 0 aliphatic heterocycles. The summed E-state index contributed by atoms with van der Waals surface area (Å²) in [4.78, 5) is 25.0. The molecule has 22 heavy (non-hydrogen) atoms. The maximum absolute atomic E-state index is 12.2. The van der Waals surface area contributed by atoms with E-state index in [1.54, 1.807) is 12.1 Å². The van der Waals surface area contributed by atoms with E-state index < -0.39 is 6.04 Å². The second-order valence-electron chi connectivity index (χ2n) is 4.77. The Bertz CT molecular complexity index is 599. The van der Waals surface area contributed by atoms with Crippen LogP contribution in [0, 0.1) is 0 Å². The van der Waals surface area contributed by atoms with Crippen molar-refractivity contribution in [2.75, 3.05) is 13.1 Å². The number of hydrogen-bond acceptors (Lipinski definition) is 4. The number of nitrogens with two attached hydrogens (primary N) is 1. The molecule has 2 amide bonds. The van der Waals surface area contributed by atoms with Crippen LogP contribution in [0.5, 0.6) is 0 Å². The van der Waals surface area contributed by atoms with Crippen LogP contribution in [-0.4, -0.2) is 30.9 Å². The summed E-state index contributed by atoms with van der Waals surface area (Å²) < 4.78 is 0. The first-order chi connectivity index (χ1) is 10.7. The molecule has 0 aliphatic rings. The fourth-order valence-electron chi connectivity index (χ4n) is 2.01. The highest BCUT2D eigenvalue weighted by molar-refractivity contribution is 7.12. The largest absolute Gasteiger partial charge is 0.353 e. The maximum Gasteiger partial charge on any atom is 0.262 e. The summed E-state index contributed by atoms with van der Waals surface area (Å²) >= 11 is 1.35. The van der Waals surface area contributed by atoms with E-state index in [1.165, 1.54) is 11.3 Å². The van der Waals surface area contributed by atoms with Gasteiger partial charge < -0.3 is 16.4 Å². The van der Waals surface area contributed by atoms with Gasteiger partial charge in [0, 0.05) is 19.5 Å². The molecule has 0 spiro atoms. The highest BCUT2D eigenvalue weighted by Crippen LogP contribution is 2.10. The lowest BCUT2D eigenvalue weighted by atomic mass is 10.1. The third kappa shape index (κ3) is 4.68. The van der Waals surface area contributed by atoms with Gasteiger partial charge in [0.05, 0.1) is 4.88 Å². The zero-order valence-corrected chi connectivity index (χ0v) is 12.9. The number of carbonyl (C=O) groups excluding carboxylic acids is 2. The first kappa shape index (κ1) is 16.2. The quantitative estimate of drug-likeness (QED) is 0.716. The standard InChI is InChI=1S/C16H19N3O2S/c17-8-9-18-15(20)13(11-12-5-2-1-3-6-12)19-16(21)14-7-4-10-22-14/h1-7,10,13H,8-9,11,17H2,(H,18,20)(H,19,21). The lowest BCUT2D eigenvalue weighted by molar-refractivity contribution is -0.122. The molecule has 1 atom stereocenters. The van der Waals surface area contributed by atoms with Gasteiger partial charge in [0.1, 0.15) is 6.04 Å². The Morgan fingerprint density at radius 2 is 1.91 bits per heavy atom. The van der Waals surface area contributed by atoms with Gasteiger partial charge >= 0.3 is 0 Å². The van der Waals surface area contributed by atoms with Crippen LogP contribution in [-0.2, 0) is 11.2 Å². The van der Waals surface area contributed by atoms with E-state index in [0.717, 1.165) is 5.56 Å². The molecule has 1 unspecified atom stereocenters. The van der Waals surface area contributed by atoms with Crippen LogP contribution < -0.4 is 16.4 Å². The molecular formula is C16H19N3O2S. The smallest absolute Gasteiger partial charge is 0.262 e. The van der Waals surface area contributed by atoms with Crippen molar-refractivity contribution < 1.29 is 9.59 Å². The normalized spacial score (nSPS) is 11.7. The van der Waals surface area contributed by atoms with Gasteiger partial charge in [-0.25, -0.2) is 0 Å². The van der Waals surface area contributed by atoms with Gasteiger partial charge in [-0.05, 0) is 17.0 Å². The maximum atomic E-state index is 12.2. The highest BCUT2D eigenvalue weighted by atomic mass is 32.1. The zero-order chi connectivity index (χ0) is 15.8. The number of hydrogen-bond donors (Lipinski definition) is 3. The molecule has 1 aromatic carbocycles. The lowest BCUT2D eigenvalue weighted by Gasteiger charge is -2.18. The summed E-state index contributed by atoms with van der Waals surface area (Å²) in [5, 5.41) is 7.35. The molecule has 2 rings (SSSR count). The summed E-state index contributed by atoms with van der Waals surface area (Å²) in [6.07, 6.45) is 0.439. The SMILES string of the molecule is NCCNC(=O)C(Cc1ccccc1)NC(=O)c1cccs1. The number of benzene rings is 1. The van der Waals surface area contributed by atoms with Gasteiger partial charge in [0.25, 0.3) is 5.91 Å². The number of carbonyl (C=O) groups is 2. The molecule has 0 fully saturated rings. The third-order valence-corrected chi connectivity index (χ3v) is 3.96. The number of rotatable bonds is 7. The van der Waals surface area contributed by atoms with Crippen LogP contribution in [0.2, 0.25) is 0 Å². The van der Waals surface area contributed by atoms with E-state index in [0.29, 0.717) is 24.4 Å². The Morgan fingerprint density at radius 1 is 1.14 bits per heavy atom.